The van der Waals surface area contributed by atoms with E-state index in [0.717, 1.165) is 63.4 Å². The molecule has 0 bridgehead atoms. The lowest BCUT2D eigenvalue weighted by atomic mass is 9.73. The largest absolute Gasteiger partial charge is 0.478 e. The minimum atomic E-state index is 0.110. The Kier molecular flexibility index (Phi) is 5.41. The molecular weight excluding hydrogens is 354 g/mol. The van der Waals surface area contributed by atoms with Crippen LogP contribution in [0.4, 0.5) is 5.82 Å². The molecule has 0 radical (unpaired) electrons. The Labute approximate surface area is 165 Å². The van der Waals surface area contributed by atoms with E-state index in [4.69, 9.17) is 4.74 Å². The Bertz CT molecular complexity index is 815. The van der Waals surface area contributed by atoms with Crippen LogP contribution in [0.25, 0.3) is 0 Å². The summed E-state index contributed by atoms with van der Waals surface area (Å²) in [5.41, 5.74) is 1.14. The van der Waals surface area contributed by atoms with E-state index in [-0.39, 0.29) is 11.3 Å². The average Bonchev–Trinajstić information content (AvgIpc) is 2.75. The summed E-state index contributed by atoms with van der Waals surface area (Å²) in [5, 5.41) is 0. The molecule has 7 heteroatoms. The van der Waals surface area contributed by atoms with Crippen molar-refractivity contribution >= 4 is 11.7 Å². The van der Waals surface area contributed by atoms with Gasteiger partial charge in [-0.2, -0.15) is 0 Å². The van der Waals surface area contributed by atoms with Crippen LogP contribution in [0.1, 0.15) is 31.4 Å². The number of likely N-dealkylation sites (tertiary alicyclic amines) is 1. The Morgan fingerprint density at radius 2 is 2.00 bits per heavy atom. The number of anilines is 1. The molecule has 1 atom stereocenters. The number of pyridine rings is 1. The summed E-state index contributed by atoms with van der Waals surface area (Å²) in [5.74, 6) is 1.63. The van der Waals surface area contributed by atoms with Gasteiger partial charge in [-0.25, -0.2) is 9.97 Å². The van der Waals surface area contributed by atoms with Crippen LogP contribution < -0.4 is 9.64 Å². The molecule has 4 rings (SSSR count). The van der Waals surface area contributed by atoms with E-state index in [1.807, 2.05) is 29.3 Å². The van der Waals surface area contributed by atoms with Crippen LogP contribution in [0, 0.1) is 5.41 Å². The summed E-state index contributed by atoms with van der Waals surface area (Å²) < 4.78 is 5.41. The van der Waals surface area contributed by atoms with E-state index in [1.54, 1.807) is 19.5 Å². The zero-order chi connectivity index (χ0) is 19.4. The Morgan fingerprint density at radius 1 is 1.11 bits per heavy atom. The van der Waals surface area contributed by atoms with Crippen molar-refractivity contribution in [3.8, 4) is 5.88 Å². The second-order valence-electron chi connectivity index (χ2n) is 7.80. The molecule has 7 nitrogen and oxygen atoms in total. The Morgan fingerprint density at radius 3 is 2.82 bits per heavy atom. The molecule has 4 heterocycles. The molecule has 2 saturated heterocycles. The minimum Gasteiger partial charge on any atom is -0.478 e. The van der Waals surface area contributed by atoms with Gasteiger partial charge < -0.3 is 14.5 Å². The van der Waals surface area contributed by atoms with Crippen molar-refractivity contribution in [2.45, 2.75) is 32.1 Å². The topological polar surface area (TPSA) is 71.5 Å². The van der Waals surface area contributed by atoms with E-state index in [0.29, 0.717) is 12.3 Å². The van der Waals surface area contributed by atoms with Crippen LogP contribution in [0.3, 0.4) is 0 Å². The highest BCUT2D eigenvalue weighted by Crippen LogP contribution is 2.41. The van der Waals surface area contributed by atoms with Gasteiger partial charge in [0.05, 0.1) is 7.11 Å². The number of amides is 1. The van der Waals surface area contributed by atoms with Crippen LogP contribution in [-0.4, -0.2) is 59.0 Å². The molecule has 0 saturated carbocycles. The van der Waals surface area contributed by atoms with Crippen molar-refractivity contribution in [1.82, 2.24) is 19.9 Å². The zero-order valence-corrected chi connectivity index (χ0v) is 16.4. The van der Waals surface area contributed by atoms with Gasteiger partial charge in [0, 0.05) is 68.7 Å². The van der Waals surface area contributed by atoms with Crippen molar-refractivity contribution in [3.05, 3.63) is 42.5 Å². The van der Waals surface area contributed by atoms with E-state index < -0.39 is 0 Å². The smallest absolute Gasteiger partial charge is 0.257 e. The first-order valence-corrected chi connectivity index (χ1v) is 9.97. The third kappa shape index (κ3) is 3.93. The summed E-state index contributed by atoms with van der Waals surface area (Å²) in [6.45, 7) is 3.36. The van der Waals surface area contributed by atoms with Gasteiger partial charge in [0.15, 0.2) is 5.82 Å². The van der Waals surface area contributed by atoms with Gasteiger partial charge in [-0.3, -0.25) is 9.78 Å². The second kappa shape index (κ2) is 8.12. The standard InChI is InChI=1S/C21H27N5O2/c1-28-20-19(23-11-12-24-20)26-13-4-8-21(16-26)9-6-18(27)25(15-21)14-7-17-5-2-3-10-22-17/h2-3,5,10-12H,4,6-9,13-16H2,1H3/t21-/m0/s1. The van der Waals surface area contributed by atoms with Crippen molar-refractivity contribution < 1.29 is 9.53 Å². The number of rotatable bonds is 5. The maximum absolute atomic E-state index is 12.5. The summed E-state index contributed by atoms with van der Waals surface area (Å²) >= 11 is 0. The van der Waals surface area contributed by atoms with Crippen molar-refractivity contribution in [1.29, 1.82) is 0 Å². The molecule has 1 spiro atoms. The quantitative estimate of drug-likeness (QED) is 0.792. The number of nitrogens with zero attached hydrogens (tertiary/aromatic N) is 5. The molecule has 28 heavy (non-hydrogen) atoms. The van der Waals surface area contributed by atoms with Gasteiger partial charge in [0.2, 0.25) is 5.91 Å². The first-order valence-electron chi connectivity index (χ1n) is 9.97. The SMILES string of the molecule is COc1nccnc1N1CCC[C@@]2(CCC(=O)N(CCc3ccccn3)C2)C1. The van der Waals surface area contributed by atoms with Crippen molar-refractivity contribution in [2.75, 3.05) is 38.2 Å². The van der Waals surface area contributed by atoms with Gasteiger partial charge in [-0.15, -0.1) is 0 Å². The monoisotopic (exact) mass is 381 g/mol. The normalized spacial score (nSPS) is 22.5. The molecule has 0 unspecified atom stereocenters. The molecule has 2 fully saturated rings. The van der Waals surface area contributed by atoms with Crippen LogP contribution in [-0.2, 0) is 11.2 Å². The fourth-order valence-corrected chi connectivity index (χ4v) is 4.50. The summed E-state index contributed by atoms with van der Waals surface area (Å²) in [6.07, 6.45) is 9.75. The number of hydrogen-bond donors (Lipinski definition) is 0. The number of carbonyl (C=O) groups is 1. The molecule has 2 aliphatic rings. The number of aromatic nitrogens is 3. The Balaban J connectivity index is 1.46. The molecule has 0 aliphatic carbocycles. The van der Waals surface area contributed by atoms with Crippen molar-refractivity contribution in [3.63, 3.8) is 0 Å². The Hall–Kier alpha value is -2.70. The average molecular weight is 381 g/mol. The van der Waals surface area contributed by atoms with Gasteiger partial charge in [0.25, 0.3) is 5.88 Å². The highest BCUT2D eigenvalue weighted by atomic mass is 16.5. The van der Waals surface area contributed by atoms with E-state index >= 15 is 0 Å². The summed E-state index contributed by atoms with van der Waals surface area (Å²) in [4.78, 5) is 30.1. The number of carbonyl (C=O) groups excluding carboxylic acids is 1. The lowest BCUT2D eigenvalue weighted by Gasteiger charge is -2.48. The maximum atomic E-state index is 12.5. The lowest BCUT2D eigenvalue weighted by Crippen LogP contribution is -2.54. The van der Waals surface area contributed by atoms with Crippen LogP contribution in [0.2, 0.25) is 0 Å². The molecule has 1 amide bonds. The first-order chi connectivity index (χ1) is 13.7. The first kappa shape index (κ1) is 18.7. The third-order valence-corrected chi connectivity index (χ3v) is 5.91. The van der Waals surface area contributed by atoms with Crippen LogP contribution >= 0.6 is 0 Å². The molecule has 148 valence electrons. The minimum absolute atomic E-state index is 0.110. The summed E-state index contributed by atoms with van der Waals surface area (Å²) in [6, 6.07) is 5.93. The third-order valence-electron chi connectivity index (χ3n) is 5.91. The fraction of sp³-hybridized carbons (Fsp3) is 0.524. The summed E-state index contributed by atoms with van der Waals surface area (Å²) in [7, 11) is 1.63. The number of ether oxygens (including phenoxy) is 1. The molecule has 2 aromatic rings. The van der Waals surface area contributed by atoms with E-state index in [1.165, 1.54) is 0 Å². The molecule has 2 aromatic heterocycles. The number of methoxy groups -OCH3 is 1. The molecule has 2 aliphatic heterocycles. The van der Waals surface area contributed by atoms with Gasteiger partial charge in [-0.05, 0) is 31.4 Å². The molecular formula is C21H27N5O2. The second-order valence-corrected chi connectivity index (χ2v) is 7.80. The number of hydrogen-bond acceptors (Lipinski definition) is 6. The number of piperidine rings is 2. The predicted molar refractivity (Wildman–Crippen MR) is 106 cm³/mol. The molecule has 0 aromatic carbocycles. The van der Waals surface area contributed by atoms with Crippen molar-refractivity contribution in [2.24, 2.45) is 5.41 Å². The highest BCUT2D eigenvalue weighted by Gasteiger charge is 2.42. The highest BCUT2D eigenvalue weighted by molar-refractivity contribution is 5.77. The molecule has 0 N–H and O–H groups in total. The predicted octanol–water partition coefficient (Wildman–Crippen LogP) is 2.33. The van der Waals surface area contributed by atoms with E-state index in [9.17, 15) is 4.79 Å². The zero-order valence-electron chi connectivity index (χ0n) is 16.4. The van der Waals surface area contributed by atoms with Gasteiger partial charge in [0.1, 0.15) is 0 Å². The lowest BCUT2D eigenvalue weighted by molar-refractivity contribution is -0.137. The van der Waals surface area contributed by atoms with Crippen LogP contribution in [0.5, 0.6) is 5.88 Å². The van der Waals surface area contributed by atoms with Gasteiger partial charge >= 0.3 is 0 Å². The van der Waals surface area contributed by atoms with E-state index in [2.05, 4.69) is 19.9 Å². The fourth-order valence-electron chi connectivity index (χ4n) is 4.50. The maximum Gasteiger partial charge on any atom is 0.257 e. The van der Waals surface area contributed by atoms with Crippen LogP contribution in [0.15, 0.2) is 36.8 Å². The van der Waals surface area contributed by atoms with Gasteiger partial charge in [-0.1, -0.05) is 6.07 Å².